The summed E-state index contributed by atoms with van der Waals surface area (Å²) >= 11 is 0. The molecule has 0 aliphatic heterocycles. The van der Waals surface area contributed by atoms with Crippen molar-refractivity contribution in [1.29, 1.82) is 0 Å². The van der Waals surface area contributed by atoms with Crippen molar-refractivity contribution in [3.05, 3.63) is 71.9 Å². The Balaban J connectivity index is 1.66. The van der Waals surface area contributed by atoms with Gasteiger partial charge in [0, 0.05) is 5.69 Å². The van der Waals surface area contributed by atoms with Crippen molar-refractivity contribution in [3.63, 3.8) is 0 Å². The molecule has 0 atom stereocenters. The Bertz CT molecular complexity index is 824. The molecule has 0 aliphatic rings. The minimum atomic E-state index is -0.368. The minimum absolute atomic E-state index is 0.00810. The lowest BCUT2D eigenvalue weighted by molar-refractivity contribution is -0.115. The first-order valence-corrected chi connectivity index (χ1v) is 7.27. The van der Waals surface area contributed by atoms with E-state index in [4.69, 9.17) is 0 Å². The third-order valence-corrected chi connectivity index (χ3v) is 3.49. The first-order valence-electron chi connectivity index (χ1n) is 7.27. The molecule has 5 heteroatoms. The summed E-state index contributed by atoms with van der Waals surface area (Å²) in [5.74, 6) is 0.232. The number of H-pyrrole nitrogens is 1. The molecule has 2 N–H and O–H groups in total. The van der Waals surface area contributed by atoms with Crippen LogP contribution >= 0.6 is 0 Å². The van der Waals surface area contributed by atoms with Crippen LogP contribution in [0.1, 0.15) is 11.4 Å². The number of anilines is 1. The van der Waals surface area contributed by atoms with E-state index in [0.29, 0.717) is 11.3 Å². The lowest BCUT2D eigenvalue weighted by Gasteiger charge is -2.07. The summed E-state index contributed by atoms with van der Waals surface area (Å²) in [7, 11) is 0. The van der Waals surface area contributed by atoms with Crippen LogP contribution < -0.4 is 5.32 Å². The maximum Gasteiger partial charge on any atom is 0.228 e. The molecule has 0 bridgehead atoms. The number of halogens is 1. The average molecular weight is 309 g/mol. The molecule has 2 aromatic carbocycles. The predicted octanol–water partition coefficient (Wildman–Crippen LogP) is 3.71. The van der Waals surface area contributed by atoms with Crippen LogP contribution in [0.3, 0.4) is 0 Å². The summed E-state index contributed by atoms with van der Waals surface area (Å²) in [6.07, 6.45) is 1.77. The Kier molecular flexibility index (Phi) is 4.19. The number of nitrogens with one attached hydrogen (secondary N) is 2. The Hall–Kier alpha value is -2.95. The monoisotopic (exact) mass is 309 g/mol. The molecule has 1 amide bonds. The van der Waals surface area contributed by atoms with Gasteiger partial charge in [-0.25, -0.2) is 9.37 Å². The van der Waals surface area contributed by atoms with Crippen LogP contribution in [-0.2, 0) is 11.2 Å². The van der Waals surface area contributed by atoms with Crippen LogP contribution in [0.2, 0.25) is 0 Å². The maximum atomic E-state index is 13.5. The smallest absolute Gasteiger partial charge is 0.228 e. The normalized spacial score (nSPS) is 10.5. The Morgan fingerprint density at radius 1 is 1.17 bits per heavy atom. The lowest BCUT2D eigenvalue weighted by Crippen LogP contribution is -2.15. The molecule has 23 heavy (non-hydrogen) atoms. The number of imidazole rings is 1. The van der Waals surface area contributed by atoms with Crippen molar-refractivity contribution in [3.8, 4) is 11.3 Å². The zero-order chi connectivity index (χ0) is 16.2. The topological polar surface area (TPSA) is 57.8 Å². The van der Waals surface area contributed by atoms with Gasteiger partial charge in [0.2, 0.25) is 5.91 Å². The fraction of sp³-hybridized carbons (Fsp3) is 0.111. The SMILES string of the molecule is Cc1ncc(-c2ccc(NC(=O)Cc3ccccc3F)cc2)[nH]1. The van der Waals surface area contributed by atoms with Crippen LogP contribution in [-0.4, -0.2) is 15.9 Å². The van der Waals surface area contributed by atoms with Gasteiger partial charge >= 0.3 is 0 Å². The van der Waals surface area contributed by atoms with E-state index in [0.717, 1.165) is 17.1 Å². The molecule has 1 heterocycles. The summed E-state index contributed by atoms with van der Waals surface area (Å²) in [6, 6.07) is 13.7. The Morgan fingerprint density at radius 2 is 1.91 bits per heavy atom. The van der Waals surface area contributed by atoms with Gasteiger partial charge in [0.25, 0.3) is 0 Å². The number of hydrogen-bond donors (Lipinski definition) is 2. The van der Waals surface area contributed by atoms with Crippen LogP contribution in [0.5, 0.6) is 0 Å². The van der Waals surface area contributed by atoms with E-state index in [1.54, 1.807) is 24.4 Å². The predicted molar refractivity (Wildman–Crippen MR) is 87.5 cm³/mol. The van der Waals surface area contributed by atoms with Gasteiger partial charge in [-0.1, -0.05) is 30.3 Å². The highest BCUT2D eigenvalue weighted by atomic mass is 19.1. The molecule has 0 saturated carbocycles. The first kappa shape index (κ1) is 15.0. The summed E-state index contributed by atoms with van der Waals surface area (Å²) in [6.45, 7) is 1.89. The van der Waals surface area contributed by atoms with Crippen LogP contribution in [0.15, 0.2) is 54.7 Å². The number of aromatic nitrogens is 2. The minimum Gasteiger partial charge on any atom is -0.342 e. The van der Waals surface area contributed by atoms with E-state index in [1.165, 1.54) is 6.07 Å². The van der Waals surface area contributed by atoms with Crippen molar-refractivity contribution in [1.82, 2.24) is 9.97 Å². The summed E-state index contributed by atoms with van der Waals surface area (Å²) in [5.41, 5.74) is 2.96. The van der Waals surface area contributed by atoms with Crippen LogP contribution in [0.25, 0.3) is 11.3 Å². The van der Waals surface area contributed by atoms with Gasteiger partial charge < -0.3 is 10.3 Å². The summed E-state index contributed by atoms with van der Waals surface area (Å²) in [5, 5.41) is 2.77. The number of carbonyl (C=O) groups is 1. The van der Waals surface area contributed by atoms with Gasteiger partial charge in [-0.15, -0.1) is 0 Å². The van der Waals surface area contributed by atoms with Crippen molar-refractivity contribution < 1.29 is 9.18 Å². The van der Waals surface area contributed by atoms with Crippen molar-refractivity contribution in [2.24, 2.45) is 0 Å². The molecular weight excluding hydrogens is 293 g/mol. The second-order valence-electron chi connectivity index (χ2n) is 5.28. The first-order chi connectivity index (χ1) is 11.1. The number of amides is 1. The molecule has 0 spiro atoms. The van der Waals surface area contributed by atoms with E-state index < -0.39 is 0 Å². The second kappa shape index (κ2) is 6.44. The molecule has 0 aliphatic carbocycles. The Labute approximate surface area is 133 Å². The number of benzene rings is 2. The molecule has 3 aromatic rings. The van der Waals surface area contributed by atoms with Crippen molar-refractivity contribution in [2.45, 2.75) is 13.3 Å². The van der Waals surface area contributed by atoms with E-state index in [2.05, 4.69) is 15.3 Å². The maximum absolute atomic E-state index is 13.5. The third-order valence-electron chi connectivity index (χ3n) is 3.49. The van der Waals surface area contributed by atoms with Gasteiger partial charge in [0.05, 0.1) is 18.3 Å². The molecule has 116 valence electrons. The number of rotatable bonds is 4. The molecule has 0 unspecified atom stereocenters. The van der Waals surface area contributed by atoms with E-state index in [-0.39, 0.29) is 18.1 Å². The third kappa shape index (κ3) is 3.63. The molecule has 4 nitrogen and oxygen atoms in total. The largest absolute Gasteiger partial charge is 0.342 e. The highest BCUT2D eigenvalue weighted by Gasteiger charge is 2.08. The van der Waals surface area contributed by atoms with Gasteiger partial charge in [-0.05, 0) is 36.2 Å². The van der Waals surface area contributed by atoms with Gasteiger partial charge in [0.1, 0.15) is 11.6 Å². The van der Waals surface area contributed by atoms with Crippen LogP contribution in [0, 0.1) is 12.7 Å². The number of aryl methyl sites for hydroxylation is 1. The fourth-order valence-electron chi connectivity index (χ4n) is 2.32. The van der Waals surface area contributed by atoms with E-state index in [9.17, 15) is 9.18 Å². The van der Waals surface area contributed by atoms with Gasteiger partial charge in [-0.2, -0.15) is 0 Å². The molecule has 0 fully saturated rings. The second-order valence-corrected chi connectivity index (χ2v) is 5.28. The number of aromatic amines is 1. The quantitative estimate of drug-likeness (QED) is 0.772. The molecule has 0 saturated heterocycles. The molecule has 3 rings (SSSR count). The average Bonchev–Trinajstić information content (AvgIpc) is 2.97. The fourth-order valence-corrected chi connectivity index (χ4v) is 2.32. The molecule has 1 aromatic heterocycles. The van der Waals surface area contributed by atoms with E-state index in [1.807, 2.05) is 31.2 Å². The highest BCUT2D eigenvalue weighted by Crippen LogP contribution is 2.20. The highest BCUT2D eigenvalue weighted by molar-refractivity contribution is 5.92. The Morgan fingerprint density at radius 3 is 2.57 bits per heavy atom. The van der Waals surface area contributed by atoms with Crippen molar-refractivity contribution in [2.75, 3.05) is 5.32 Å². The molecular formula is C18H16FN3O. The molecule has 0 radical (unpaired) electrons. The summed E-state index contributed by atoms with van der Waals surface area (Å²) < 4.78 is 13.5. The van der Waals surface area contributed by atoms with E-state index >= 15 is 0 Å². The standard InChI is InChI=1S/C18H16FN3O/c1-12-20-11-17(21-12)13-6-8-15(9-7-13)22-18(23)10-14-4-2-3-5-16(14)19/h2-9,11H,10H2,1H3,(H,20,21)(H,22,23). The van der Waals surface area contributed by atoms with Gasteiger partial charge in [0.15, 0.2) is 0 Å². The van der Waals surface area contributed by atoms with Gasteiger partial charge in [-0.3, -0.25) is 4.79 Å². The summed E-state index contributed by atoms with van der Waals surface area (Å²) in [4.78, 5) is 19.3. The number of hydrogen-bond acceptors (Lipinski definition) is 2. The number of carbonyl (C=O) groups excluding carboxylic acids is 1. The zero-order valence-corrected chi connectivity index (χ0v) is 12.6. The number of nitrogens with zero attached hydrogens (tertiary/aromatic N) is 1. The van der Waals surface area contributed by atoms with Crippen molar-refractivity contribution >= 4 is 11.6 Å². The zero-order valence-electron chi connectivity index (χ0n) is 12.6. The van der Waals surface area contributed by atoms with Crippen LogP contribution in [0.4, 0.5) is 10.1 Å². The lowest BCUT2D eigenvalue weighted by atomic mass is 10.1.